The summed E-state index contributed by atoms with van der Waals surface area (Å²) in [6, 6.07) is 3.95. The molecule has 2 heterocycles. The van der Waals surface area contributed by atoms with Crippen LogP contribution < -0.4 is 0 Å². The van der Waals surface area contributed by atoms with E-state index in [0.717, 1.165) is 10.6 Å². The van der Waals surface area contributed by atoms with Crippen LogP contribution in [-0.2, 0) is 11.3 Å². The molecule has 0 spiro atoms. The van der Waals surface area contributed by atoms with Crippen LogP contribution in [0.25, 0.3) is 10.6 Å². The molecule has 2 aromatic rings. The van der Waals surface area contributed by atoms with E-state index in [2.05, 4.69) is 20.6 Å². The average molecular weight is 220 g/mol. The summed E-state index contributed by atoms with van der Waals surface area (Å²) >= 11 is 1.27. The lowest BCUT2D eigenvalue weighted by Gasteiger charge is -1.94. The standard InChI is InChI=1S/C9H8N4OS/c1-14-5-8-6(4-10)9(15-13-8)7-2-3-11-12-7/h2-3H,5H2,1H3,(H,11,12). The van der Waals surface area contributed by atoms with Crippen molar-refractivity contribution in [1.82, 2.24) is 14.6 Å². The Bertz CT molecular complexity index is 483. The number of rotatable bonds is 3. The highest BCUT2D eigenvalue weighted by molar-refractivity contribution is 7.09. The van der Waals surface area contributed by atoms with E-state index in [9.17, 15) is 0 Å². The van der Waals surface area contributed by atoms with Gasteiger partial charge >= 0.3 is 0 Å². The predicted molar refractivity (Wildman–Crippen MR) is 55.1 cm³/mol. The molecule has 0 aliphatic rings. The first-order valence-electron chi connectivity index (χ1n) is 4.24. The van der Waals surface area contributed by atoms with Crippen molar-refractivity contribution in [3.8, 4) is 16.6 Å². The molecular formula is C9H8N4OS. The second kappa shape index (κ2) is 4.21. The van der Waals surface area contributed by atoms with Crippen LogP contribution in [0.3, 0.4) is 0 Å². The van der Waals surface area contributed by atoms with Gasteiger partial charge in [-0.25, -0.2) is 0 Å². The average Bonchev–Trinajstić information content (AvgIpc) is 2.85. The maximum absolute atomic E-state index is 9.04. The fourth-order valence-corrected chi connectivity index (χ4v) is 2.05. The Labute approximate surface area is 90.5 Å². The third-order valence-electron chi connectivity index (χ3n) is 1.90. The van der Waals surface area contributed by atoms with Crippen LogP contribution in [0.5, 0.6) is 0 Å². The fourth-order valence-electron chi connectivity index (χ4n) is 1.24. The van der Waals surface area contributed by atoms with Gasteiger partial charge in [0.1, 0.15) is 6.07 Å². The quantitative estimate of drug-likeness (QED) is 0.851. The van der Waals surface area contributed by atoms with Gasteiger partial charge in [-0.3, -0.25) is 5.10 Å². The van der Waals surface area contributed by atoms with E-state index < -0.39 is 0 Å². The van der Waals surface area contributed by atoms with Crippen molar-refractivity contribution in [2.75, 3.05) is 7.11 Å². The zero-order valence-electron chi connectivity index (χ0n) is 8.02. The van der Waals surface area contributed by atoms with E-state index in [0.29, 0.717) is 17.9 Å². The first-order chi connectivity index (χ1) is 7.36. The number of ether oxygens (including phenoxy) is 1. The highest BCUT2D eigenvalue weighted by Gasteiger charge is 2.15. The summed E-state index contributed by atoms with van der Waals surface area (Å²) in [5.74, 6) is 0. The van der Waals surface area contributed by atoms with Crippen molar-refractivity contribution in [1.29, 1.82) is 5.26 Å². The summed E-state index contributed by atoms with van der Waals surface area (Å²) in [6.07, 6.45) is 1.65. The molecule has 0 amide bonds. The van der Waals surface area contributed by atoms with Crippen LogP contribution in [0, 0.1) is 11.3 Å². The molecule has 0 bridgehead atoms. The smallest absolute Gasteiger partial charge is 0.103 e. The summed E-state index contributed by atoms with van der Waals surface area (Å²) < 4.78 is 9.15. The molecule has 0 fully saturated rings. The van der Waals surface area contributed by atoms with Gasteiger partial charge in [0.05, 0.1) is 28.4 Å². The number of methoxy groups -OCH3 is 1. The molecule has 2 aromatic heterocycles. The molecule has 76 valence electrons. The predicted octanol–water partition coefficient (Wildman–Crippen LogP) is 1.55. The topological polar surface area (TPSA) is 74.6 Å². The largest absolute Gasteiger partial charge is 0.378 e. The first kappa shape index (κ1) is 9.83. The molecule has 15 heavy (non-hydrogen) atoms. The van der Waals surface area contributed by atoms with Crippen molar-refractivity contribution < 1.29 is 4.74 Å². The molecule has 0 aromatic carbocycles. The lowest BCUT2D eigenvalue weighted by molar-refractivity contribution is 0.182. The third kappa shape index (κ3) is 1.75. The number of nitriles is 1. The van der Waals surface area contributed by atoms with Gasteiger partial charge in [-0.05, 0) is 17.6 Å². The number of nitrogens with one attached hydrogen (secondary N) is 1. The first-order valence-corrected chi connectivity index (χ1v) is 5.01. The van der Waals surface area contributed by atoms with E-state index in [-0.39, 0.29) is 0 Å². The maximum Gasteiger partial charge on any atom is 0.103 e. The monoisotopic (exact) mass is 220 g/mol. The van der Waals surface area contributed by atoms with Gasteiger partial charge in [-0.2, -0.15) is 14.7 Å². The summed E-state index contributed by atoms with van der Waals surface area (Å²) in [5, 5.41) is 15.7. The normalized spacial score (nSPS) is 10.1. The van der Waals surface area contributed by atoms with Crippen molar-refractivity contribution >= 4 is 11.5 Å². The molecule has 0 aliphatic carbocycles. The minimum Gasteiger partial charge on any atom is -0.378 e. The van der Waals surface area contributed by atoms with Crippen molar-refractivity contribution in [2.45, 2.75) is 6.61 Å². The summed E-state index contributed by atoms with van der Waals surface area (Å²) in [4.78, 5) is 0.807. The van der Waals surface area contributed by atoms with Crippen LogP contribution in [0.15, 0.2) is 12.3 Å². The van der Waals surface area contributed by atoms with Gasteiger partial charge in [0.15, 0.2) is 0 Å². The van der Waals surface area contributed by atoms with Crippen molar-refractivity contribution in [3.63, 3.8) is 0 Å². The maximum atomic E-state index is 9.04. The van der Waals surface area contributed by atoms with Crippen molar-refractivity contribution in [2.24, 2.45) is 0 Å². The molecule has 2 rings (SSSR count). The number of hydrogen-bond donors (Lipinski definition) is 1. The van der Waals surface area contributed by atoms with Gasteiger partial charge in [0.2, 0.25) is 0 Å². The van der Waals surface area contributed by atoms with E-state index >= 15 is 0 Å². The second-order valence-electron chi connectivity index (χ2n) is 2.85. The number of H-pyrrole nitrogens is 1. The Hall–Kier alpha value is -1.71. The molecule has 0 saturated heterocycles. The van der Waals surface area contributed by atoms with Gasteiger partial charge < -0.3 is 4.74 Å². The Balaban J connectivity index is 2.46. The summed E-state index contributed by atoms with van der Waals surface area (Å²) in [5.41, 5.74) is 2.05. The summed E-state index contributed by atoms with van der Waals surface area (Å²) in [6.45, 7) is 0.355. The van der Waals surface area contributed by atoms with Crippen molar-refractivity contribution in [3.05, 3.63) is 23.5 Å². The van der Waals surface area contributed by atoms with Crippen LogP contribution in [0.1, 0.15) is 11.3 Å². The lowest BCUT2D eigenvalue weighted by atomic mass is 10.2. The number of nitrogens with zero attached hydrogens (tertiary/aromatic N) is 3. The zero-order valence-corrected chi connectivity index (χ0v) is 8.84. The minimum atomic E-state index is 0.355. The van der Waals surface area contributed by atoms with E-state index in [4.69, 9.17) is 10.00 Å². The highest BCUT2D eigenvalue weighted by atomic mass is 32.1. The second-order valence-corrected chi connectivity index (χ2v) is 3.62. The van der Waals surface area contributed by atoms with Crippen LogP contribution in [0.4, 0.5) is 0 Å². The number of hydrogen-bond acceptors (Lipinski definition) is 5. The Morgan fingerprint density at radius 2 is 2.53 bits per heavy atom. The lowest BCUT2D eigenvalue weighted by Crippen LogP contribution is -1.91. The summed E-state index contributed by atoms with van der Waals surface area (Å²) in [7, 11) is 1.58. The Morgan fingerprint density at radius 1 is 1.67 bits per heavy atom. The highest BCUT2D eigenvalue weighted by Crippen LogP contribution is 2.28. The van der Waals surface area contributed by atoms with E-state index in [1.807, 2.05) is 6.07 Å². The van der Waals surface area contributed by atoms with Crippen LogP contribution >= 0.6 is 11.5 Å². The molecular weight excluding hydrogens is 212 g/mol. The van der Waals surface area contributed by atoms with Gasteiger partial charge in [-0.15, -0.1) is 0 Å². The molecule has 0 unspecified atom stereocenters. The number of aromatic amines is 1. The molecule has 6 heteroatoms. The van der Waals surface area contributed by atoms with E-state index in [1.165, 1.54) is 11.5 Å². The van der Waals surface area contributed by atoms with Gasteiger partial charge in [0.25, 0.3) is 0 Å². The van der Waals surface area contributed by atoms with Crippen LogP contribution in [0.2, 0.25) is 0 Å². The SMILES string of the molecule is COCc1nsc(-c2ccn[nH]2)c1C#N. The molecule has 0 radical (unpaired) electrons. The van der Waals surface area contributed by atoms with Crippen LogP contribution in [-0.4, -0.2) is 21.7 Å². The molecule has 0 aliphatic heterocycles. The molecule has 5 nitrogen and oxygen atoms in total. The minimum absolute atomic E-state index is 0.355. The Kier molecular flexibility index (Phi) is 2.76. The molecule has 0 atom stereocenters. The third-order valence-corrected chi connectivity index (χ3v) is 2.82. The van der Waals surface area contributed by atoms with Gasteiger partial charge in [-0.1, -0.05) is 0 Å². The number of aromatic nitrogens is 3. The molecule has 1 N–H and O–H groups in total. The van der Waals surface area contributed by atoms with E-state index in [1.54, 1.807) is 13.3 Å². The van der Waals surface area contributed by atoms with Gasteiger partial charge in [0, 0.05) is 13.3 Å². The fraction of sp³-hybridized carbons (Fsp3) is 0.222. The molecule has 0 saturated carbocycles. The zero-order chi connectivity index (χ0) is 10.7. The Morgan fingerprint density at radius 3 is 3.13 bits per heavy atom.